The predicted molar refractivity (Wildman–Crippen MR) is 400 cm³/mol. The number of nitrogens with one attached hydrogen (secondary N) is 2. The zero-order valence-electron chi connectivity index (χ0n) is 60.7. The van der Waals surface area contributed by atoms with Gasteiger partial charge in [-0.2, -0.15) is 0 Å². The number of pyridine rings is 2. The zero-order valence-corrected chi connectivity index (χ0v) is 63.7. The molecule has 0 unspecified atom stereocenters. The first kappa shape index (κ1) is 79.1. The van der Waals surface area contributed by atoms with Gasteiger partial charge in [-0.15, -0.1) is 0 Å². The molecular formula is C78H90Cl4N8O12. The minimum absolute atomic E-state index is 0.00229. The van der Waals surface area contributed by atoms with E-state index in [9.17, 15) is 28.8 Å². The predicted octanol–water partition coefficient (Wildman–Crippen LogP) is 12.3. The molecule has 0 bridgehead atoms. The van der Waals surface area contributed by atoms with Gasteiger partial charge in [-0.25, -0.2) is 19.4 Å². The Morgan fingerprint density at radius 2 is 0.863 bits per heavy atom. The number of anilines is 2. The molecule has 20 nitrogen and oxygen atoms in total. The van der Waals surface area contributed by atoms with E-state index in [-0.39, 0.29) is 87.8 Å². The summed E-state index contributed by atoms with van der Waals surface area (Å²) in [5.74, 6) is 10.5. The Kier molecular flexibility index (Phi) is 25.4. The highest BCUT2D eigenvalue weighted by Crippen LogP contribution is 2.43. The lowest BCUT2D eigenvalue weighted by molar-refractivity contribution is -0.133. The highest BCUT2D eigenvalue weighted by molar-refractivity contribution is 6.35. The Morgan fingerprint density at radius 3 is 1.18 bits per heavy atom. The molecule has 102 heavy (non-hydrogen) atoms. The van der Waals surface area contributed by atoms with Gasteiger partial charge in [0.1, 0.15) is 35.9 Å². The Hall–Kier alpha value is -8.60. The van der Waals surface area contributed by atoms with Crippen LogP contribution in [0.25, 0.3) is 0 Å². The number of imide groups is 2. The maximum Gasteiger partial charge on any atom is 0.416 e. The van der Waals surface area contributed by atoms with E-state index in [4.69, 9.17) is 65.4 Å². The molecule has 2 aliphatic rings. The molecule has 0 aliphatic carbocycles. The molecule has 2 N–H and O–H groups in total. The van der Waals surface area contributed by atoms with Crippen molar-refractivity contribution >= 4 is 93.6 Å². The minimum Gasteiger partial charge on any atom is -0.481 e. The third-order valence-electron chi connectivity index (χ3n) is 17.6. The molecule has 4 atom stereocenters. The van der Waals surface area contributed by atoms with Gasteiger partial charge in [0, 0.05) is 96.2 Å². The molecule has 0 saturated carbocycles. The second kappa shape index (κ2) is 32.8. The molecule has 0 fully saturated rings. The van der Waals surface area contributed by atoms with E-state index in [2.05, 4.69) is 34.3 Å². The van der Waals surface area contributed by atoms with Crippen molar-refractivity contribution in [3.05, 3.63) is 183 Å². The zero-order chi connectivity index (χ0) is 75.1. The van der Waals surface area contributed by atoms with Gasteiger partial charge in [0.25, 0.3) is 11.1 Å². The van der Waals surface area contributed by atoms with Crippen molar-refractivity contribution in [1.82, 2.24) is 29.6 Å². The number of ether oxygens (including phenoxy) is 4. The highest BCUT2D eigenvalue weighted by atomic mass is 35.5. The maximum absolute atomic E-state index is 15.3. The summed E-state index contributed by atoms with van der Waals surface area (Å²) < 4.78 is 26.1. The normalized spacial score (nSPS) is 14.7. The van der Waals surface area contributed by atoms with Gasteiger partial charge in [-0.3, -0.25) is 39.4 Å². The first-order valence-corrected chi connectivity index (χ1v) is 35.2. The third-order valence-corrected chi connectivity index (χ3v) is 18.8. The molecule has 6 amide bonds. The van der Waals surface area contributed by atoms with Crippen LogP contribution in [0.15, 0.2) is 107 Å². The molecule has 8 rings (SSSR count). The topological polar surface area (TPSA) is 220 Å². The van der Waals surface area contributed by atoms with Gasteiger partial charge in [0.2, 0.25) is 23.6 Å². The maximum atomic E-state index is 15.3. The van der Waals surface area contributed by atoms with Gasteiger partial charge < -0.3 is 37.9 Å². The van der Waals surface area contributed by atoms with E-state index in [1.54, 1.807) is 161 Å². The average molecular weight is 1470 g/mol. The lowest BCUT2D eigenvalue weighted by atomic mass is 9.90. The minimum atomic E-state index is -1.00. The summed E-state index contributed by atoms with van der Waals surface area (Å²) in [4.78, 5) is 118. The number of carbonyl (C=O) groups is 6. The van der Waals surface area contributed by atoms with E-state index in [1.807, 2.05) is 52.0 Å². The van der Waals surface area contributed by atoms with Crippen molar-refractivity contribution in [1.29, 1.82) is 0 Å². The first-order valence-electron chi connectivity index (χ1n) is 33.7. The van der Waals surface area contributed by atoms with E-state index in [0.717, 1.165) is 20.9 Å². The standard InChI is InChI=1S/C78H90Cl4N8O12/c1-17-59(69(93)87(15)73(97)101-75(3,4)5)83-61(71(95)89-45-77(9,10)65-63(89)41-51(67(91)85(65)13)39-49-27-29-53(79)43-57(49)81)37-47-23-31-55(32-24-47)99-35-21-19-20-22-36-100-56-33-25-48(26-34-56)38-62(84-60(18-2)70(94)88(16)74(98)102-76(6,7)8)72(96)90-46-78(11,12)66-64(90)42-52(68(92)86(66)14)40-50-28-30-54(80)44-58(50)82/h23-34,41-44,59-62,83-84H,17-18,35-40,45-46H2,1-16H3/t59-,60-,61-,62-/m0/s1. The number of halogens is 4. The molecule has 4 heterocycles. The SMILES string of the molecule is CC[C@H](N[C@@H](Cc1ccc(OCC#CC#CCOc2ccc(C[C@H](N[C@@H](CC)C(=O)N(C)C(=O)OC(C)(C)C)C(=O)N3CC(C)(C)c4c3cc(Cc3ccc(Cl)cc3Cl)c(=O)n4C)cc2)cc1)C(=O)N1CC(C)(C)c2c1cc(Cc1ccc(Cl)cc1Cl)c(=O)n2C)C(=O)N(C)C(=O)OC(C)(C)C. The number of rotatable bonds is 22. The summed E-state index contributed by atoms with van der Waals surface area (Å²) in [6.07, 6.45) is -0.595. The third kappa shape index (κ3) is 19.4. The number of likely N-dealkylation sites (N-methyl/N-ethyl adjacent to an activating group) is 2. The van der Waals surface area contributed by atoms with Crippen molar-refractivity contribution in [2.45, 2.75) is 168 Å². The number of hydrogen-bond donors (Lipinski definition) is 2. The lowest BCUT2D eigenvalue weighted by Crippen LogP contribution is -2.56. The fourth-order valence-electron chi connectivity index (χ4n) is 12.7. The van der Waals surface area contributed by atoms with Crippen LogP contribution in [0.2, 0.25) is 20.1 Å². The smallest absolute Gasteiger partial charge is 0.416 e. The highest BCUT2D eigenvalue weighted by Gasteiger charge is 2.46. The monoisotopic (exact) mass is 1470 g/mol. The fourth-order valence-corrected chi connectivity index (χ4v) is 13.7. The van der Waals surface area contributed by atoms with Crippen LogP contribution < -0.4 is 41.0 Å². The summed E-state index contributed by atoms with van der Waals surface area (Å²) in [7, 11) is 6.08. The van der Waals surface area contributed by atoms with Crippen molar-refractivity contribution < 1.29 is 47.7 Å². The van der Waals surface area contributed by atoms with Gasteiger partial charge in [-0.05, 0) is 174 Å². The number of hydrogen-bond acceptors (Lipinski definition) is 14. The molecule has 6 aromatic rings. The quantitative estimate of drug-likeness (QED) is 0.0604. The number of nitrogens with zero attached hydrogens (tertiary/aromatic N) is 6. The first-order chi connectivity index (χ1) is 47.8. The second-order valence-corrected chi connectivity index (χ2v) is 30.7. The van der Waals surface area contributed by atoms with Crippen LogP contribution in [-0.2, 0) is 79.3 Å². The number of fused-ring (bicyclic) bond motifs is 2. The number of aromatic nitrogens is 2. The van der Waals surface area contributed by atoms with Crippen LogP contribution >= 0.6 is 46.4 Å². The van der Waals surface area contributed by atoms with Gasteiger partial charge in [0.15, 0.2) is 0 Å². The summed E-state index contributed by atoms with van der Waals surface area (Å²) in [5, 5.41) is 8.34. The van der Waals surface area contributed by atoms with Crippen LogP contribution in [0.5, 0.6) is 11.5 Å². The van der Waals surface area contributed by atoms with Gasteiger partial charge in [-0.1, -0.05) is 124 Å². The van der Waals surface area contributed by atoms with Crippen LogP contribution in [-0.4, -0.2) is 131 Å². The summed E-state index contributed by atoms with van der Waals surface area (Å²) >= 11 is 25.6. The lowest BCUT2D eigenvalue weighted by Gasteiger charge is -2.31. The van der Waals surface area contributed by atoms with Gasteiger partial charge in [0.05, 0.1) is 46.9 Å². The van der Waals surface area contributed by atoms with Crippen LogP contribution in [0.4, 0.5) is 21.0 Å². The molecule has 4 aromatic carbocycles. The Labute approximate surface area is 617 Å². The summed E-state index contributed by atoms with van der Waals surface area (Å²) in [6, 6.07) is 24.0. The van der Waals surface area contributed by atoms with Gasteiger partial charge >= 0.3 is 12.2 Å². The Balaban J connectivity index is 0.940. The Morgan fingerprint density at radius 1 is 0.520 bits per heavy atom. The molecule has 24 heteroatoms. The number of amides is 6. The van der Waals surface area contributed by atoms with Crippen LogP contribution in [0.3, 0.4) is 0 Å². The largest absolute Gasteiger partial charge is 0.481 e. The Bertz CT molecular complexity index is 4160. The molecule has 0 spiro atoms. The average Bonchev–Trinajstić information content (AvgIpc) is 1.56. The van der Waals surface area contributed by atoms with Crippen molar-refractivity contribution in [3.8, 4) is 35.2 Å². The number of carbonyl (C=O) groups excluding carboxylic acids is 6. The molecular weight excluding hydrogens is 1380 g/mol. The molecule has 0 radical (unpaired) electrons. The van der Waals surface area contributed by atoms with Crippen molar-refractivity contribution in [3.63, 3.8) is 0 Å². The van der Waals surface area contributed by atoms with Crippen LogP contribution in [0, 0.1) is 23.7 Å². The fraction of sp³-hybridized carbons (Fsp3) is 0.436. The van der Waals surface area contributed by atoms with E-state index in [1.165, 1.54) is 14.1 Å². The molecule has 542 valence electrons. The molecule has 2 aliphatic heterocycles. The molecule has 2 aromatic heterocycles. The van der Waals surface area contributed by atoms with E-state index < -0.39 is 70.2 Å². The van der Waals surface area contributed by atoms with Crippen LogP contribution in [0.1, 0.15) is 141 Å². The van der Waals surface area contributed by atoms with Crippen molar-refractivity contribution in [2.24, 2.45) is 14.1 Å². The van der Waals surface area contributed by atoms with E-state index in [0.29, 0.717) is 76.6 Å². The summed E-state index contributed by atoms with van der Waals surface area (Å²) in [6.45, 7) is 22.1. The molecule has 0 saturated heterocycles. The summed E-state index contributed by atoms with van der Waals surface area (Å²) in [5.41, 5.74) is 2.63. The van der Waals surface area contributed by atoms with E-state index >= 15 is 9.59 Å². The number of benzene rings is 4. The van der Waals surface area contributed by atoms with Crippen molar-refractivity contribution in [2.75, 3.05) is 50.2 Å². The second-order valence-electron chi connectivity index (χ2n) is 29.0.